The first-order valence-corrected chi connectivity index (χ1v) is 12.8. The predicted octanol–water partition coefficient (Wildman–Crippen LogP) is 5.96. The Balaban J connectivity index is 1.88. The molecule has 0 bridgehead atoms. The lowest BCUT2D eigenvalue weighted by atomic mass is 10.0. The number of nitrogens with zero attached hydrogens (tertiary/aromatic N) is 1. The molecule has 0 spiro atoms. The van der Waals surface area contributed by atoms with Gasteiger partial charge in [-0.15, -0.1) is 0 Å². The second-order valence-electron chi connectivity index (χ2n) is 8.34. The van der Waals surface area contributed by atoms with E-state index in [9.17, 15) is 9.59 Å². The molecule has 0 aromatic heterocycles. The van der Waals surface area contributed by atoms with Crippen molar-refractivity contribution in [2.45, 2.75) is 39.3 Å². The van der Waals surface area contributed by atoms with E-state index in [4.69, 9.17) is 16.3 Å². The Morgan fingerprint density at radius 2 is 1.74 bits per heavy atom. The normalized spacial score (nSPS) is 11.5. The maximum atomic E-state index is 13.5. The molecule has 3 aromatic rings. The molecule has 2 amide bonds. The smallest absolute Gasteiger partial charge is 0.261 e. The molecule has 0 radical (unpaired) electrons. The minimum Gasteiger partial charge on any atom is -0.484 e. The number of carbonyl (C=O) groups excluding carboxylic acids is 2. The van der Waals surface area contributed by atoms with E-state index < -0.39 is 6.04 Å². The van der Waals surface area contributed by atoms with Gasteiger partial charge < -0.3 is 15.0 Å². The van der Waals surface area contributed by atoms with Gasteiger partial charge in [0.15, 0.2) is 6.61 Å². The molecule has 3 rings (SSSR count). The van der Waals surface area contributed by atoms with E-state index in [0.717, 1.165) is 27.6 Å². The van der Waals surface area contributed by atoms with Gasteiger partial charge in [-0.1, -0.05) is 76.9 Å². The third-order valence-electron chi connectivity index (χ3n) is 5.58. The minimum absolute atomic E-state index is 0.177. The lowest BCUT2D eigenvalue weighted by molar-refractivity contribution is -0.142. The standard InChI is InChI=1S/C28H30BrClN2O3/c1-3-15-31-28(34)26(17-21-7-5-4-6-8-21)32(18-22-9-11-23(29)12-10-22)27(33)19-35-24-13-14-25(30)20(2)16-24/h4-14,16,26H,3,15,17-19H2,1-2H3,(H,31,34). The number of aryl methyl sites for hydroxylation is 1. The number of carbonyl (C=O) groups is 2. The van der Waals surface area contributed by atoms with Crippen molar-refractivity contribution >= 4 is 39.3 Å². The van der Waals surface area contributed by atoms with Gasteiger partial charge in [0.25, 0.3) is 5.91 Å². The summed E-state index contributed by atoms with van der Waals surface area (Å²) >= 11 is 9.56. The fraction of sp³-hybridized carbons (Fsp3) is 0.286. The van der Waals surface area contributed by atoms with Crippen LogP contribution in [0.4, 0.5) is 0 Å². The van der Waals surface area contributed by atoms with Gasteiger partial charge in [0.2, 0.25) is 5.91 Å². The van der Waals surface area contributed by atoms with Gasteiger partial charge in [-0.25, -0.2) is 0 Å². The second-order valence-corrected chi connectivity index (χ2v) is 9.67. The molecular weight excluding hydrogens is 528 g/mol. The average molecular weight is 558 g/mol. The Hall–Kier alpha value is -2.83. The number of ether oxygens (including phenoxy) is 1. The first-order valence-electron chi connectivity index (χ1n) is 11.6. The SMILES string of the molecule is CCCNC(=O)C(Cc1ccccc1)N(Cc1ccc(Br)cc1)C(=O)COc1ccc(Cl)c(C)c1. The first kappa shape index (κ1) is 26.8. The highest BCUT2D eigenvalue weighted by Gasteiger charge is 2.30. The summed E-state index contributed by atoms with van der Waals surface area (Å²) in [7, 11) is 0. The molecule has 1 unspecified atom stereocenters. The van der Waals surface area contributed by atoms with Crippen LogP contribution in [0.1, 0.15) is 30.0 Å². The van der Waals surface area contributed by atoms with Gasteiger partial charge in [0.1, 0.15) is 11.8 Å². The summed E-state index contributed by atoms with van der Waals surface area (Å²) in [6.07, 6.45) is 1.21. The first-order chi connectivity index (χ1) is 16.9. The maximum absolute atomic E-state index is 13.5. The van der Waals surface area contributed by atoms with E-state index in [1.54, 1.807) is 23.1 Å². The number of hydrogen-bond acceptors (Lipinski definition) is 3. The molecule has 7 heteroatoms. The topological polar surface area (TPSA) is 58.6 Å². The van der Waals surface area contributed by atoms with Crippen LogP contribution in [0, 0.1) is 6.92 Å². The van der Waals surface area contributed by atoms with Crippen LogP contribution in [-0.4, -0.2) is 35.9 Å². The fourth-order valence-electron chi connectivity index (χ4n) is 3.64. The number of amides is 2. The average Bonchev–Trinajstić information content (AvgIpc) is 2.87. The molecule has 0 fully saturated rings. The van der Waals surface area contributed by atoms with Crippen molar-refractivity contribution in [1.29, 1.82) is 0 Å². The van der Waals surface area contributed by atoms with Crippen molar-refractivity contribution in [2.24, 2.45) is 0 Å². The summed E-state index contributed by atoms with van der Waals surface area (Å²) in [5.41, 5.74) is 2.77. The molecule has 0 aliphatic heterocycles. The van der Waals surface area contributed by atoms with Crippen molar-refractivity contribution in [2.75, 3.05) is 13.2 Å². The summed E-state index contributed by atoms with van der Waals surface area (Å²) in [5.74, 6) is 0.107. The largest absolute Gasteiger partial charge is 0.484 e. The summed E-state index contributed by atoms with van der Waals surface area (Å²) in [4.78, 5) is 28.4. The number of nitrogens with one attached hydrogen (secondary N) is 1. The van der Waals surface area contributed by atoms with E-state index in [1.807, 2.05) is 68.4 Å². The Bertz CT molecular complexity index is 1120. The predicted molar refractivity (Wildman–Crippen MR) is 144 cm³/mol. The molecule has 1 N–H and O–H groups in total. The number of halogens is 2. The zero-order valence-corrected chi connectivity index (χ0v) is 22.3. The molecule has 1 atom stereocenters. The monoisotopic (exact) mass is 556 g/mol. The van der Waals surface area contributed by atoms with Gasteiger partial charge in [0.05, 0.1) is 0 Å². The Kier molecular flexibility index (Phi) is 10.2. The highest BCUT2D eigenvalue weighted by atomic mass is 79.9. The van der Waals surface area contributed by atoms with E-state index in [-0.39, 0.29) is 25.0 Å². The molecule has 35 heavy (non-hydrogen) atoms. The summed E-state index contributed by atoms with van der Waals surface area (Å²) in [6, 6.07) is 22.1. The Morgan fingerprint density at radius 3 is 2.40 bits per heavy atom. The van der Waals surface area contributed by atoms with Crippen molar-refractivity contribution < 1.29 is 14.3 Å². The zero-order valence-electron chi connectivity index (χ0n) is 20.0. The number of benzene rings is 3. The lowest BCUT2D eigenvalue weighted by Gasteiger charge is -2.31. The molecule has 0 heterocycles. The van der Waals surface area contributed by atoms with Gasteiger partial charge in [-0.2, -0.15) is 0 Å². The van der Waals surface area contributed by atoms with Gasteiger partial charge in [0, 0.05) is 29.0 Å². The van der Waals surface area contributed by atoms with Crippen molar-refractivity contribution in [1.82, 2.24) is 10.2 Å². The van der Waals surface area contributed by atoms with Gasteiger partial charge in [-0.3, -0.25) is 9.59 Å². The molecule has 5 nitrogen and oxygen atoms in total. The maximum Gasteiger partial charge on any atom is 0.261 e. The number of hydrogen-bond donors (Lipinski definition) is 1. The molecular formula is C28H30BrClN2O3. The van der Waals surface area contributed by atoms with Crippen LogP contribution >= 0.6 is 27.5 Å². The van der Waals surface area contributed by atoms with E-state index in [2.05, 4.69) is 21.2 Å². The number of rotatable bonds is 11. The van der Waals surface area contributed by atoms with Gasteiger partial charge in [-0.05, 0) is 60.4 Å². The second kappa shape index (κ2) is 13.3. The van der Waals surface area contributed by atoms with E-state index in [1.165, 1.54) is 0 Å². The highest BCUT2D eigenvalue weighted by Crippen LogP contribution is 2.22. The molecule has 0 aliphatic carbocycles. The summed E-state index contributed by atoms with van der Waals surface area (Å²) in [6.45, 7) is 4.52. The van der Waals surface area contributed by atoms with Crippen LogP contribution in [0.2, 0.25) is 5.02 Å². The molecule has 0 saturated carbocycles. The van der Waals surface area contributed by atoms with E-state index >= 15 is 0 Å². The fourth-order valence-corrected chi connectivity index (χ4v) is 4.02. The summed E-state index contributed by atoms with van der Waals surface area (Å²) < 4.78 is 6.76. The quantitative estimate of drug-likeness (QED) is 0.317. The van der Waals surface area contributed by atoms with Crippen LogP contribution < -0.4 is 10.1 Å². The Labute approximate surface area is 220 Å². The van der Waals surface area contributed by atoms with Crippen LogP contribution in [0.3, 0.4) is 0 Å². The van der Waals surface area contributed by atoms with Crippen molar-refractivity contribution in [3.63, 3.8) is 0 Å². The lowest BCUT2D eigenvalue weighted by Crippen LogP contribution is -2.51. The van der Waals surface area contributed by atoms with Gasteiger partial charge >= 0.3 is 0 Å². The molecule has 3 aromatic carbocycles. The van der Waals surface area contributed by atoms with Crippen LogP contribution in [-0.2, 0) is 22.6 Å². The van der Waals surface area contributed by atoms with Crippen LogP contribution in [0.25, 0.3) is 0 Å². The third kappa shape index (κ3) is 8.11. The van der Waals surface area contributed by atoms with Crippen LogP contribution in [0.5, 0.6) is 5.75 Å². The minimum atomic E-state index is -0.685. The van der Waals surface area contributed by atoms with Crippen molar-refractivity contribution in [3.05, 3.63) is 99.0 Å². The third-order valence-corrected chi connectivity index (χ3v) is 6.53. The van der Waals surface area contributed by atoms with E-state index in [0.29, 0.717) is 23.7 Å². The summed E-state index contributed by atoms with van der Waals surface area (Å²) in [5, 5.41) is 3.61. The molecule has 0 saturated heterocycles. The van der Waals surface area contributed by atoms with Crippen LogP contribution in [0.15, 0.2) is 77.3 Å². The molecule has 184 valence electrons. The molecule has 0 aliphatic rings. The van der Waals surface area contributed by atoms with Crippen molar-refractivity contribution in [3.8, 4) is 5.75 Å². The Morgan fingerprint density at radius 1 is 1.03 bits per heavy atom. The highest BCUT2D eigenvalue weighted by molar-refractivity contribution is 9.10. The zero-order chi connectivity index (χ0) is 25.2.